The van der Waals surface area contributed by atoms with Crippen molar-refractivity contribution in [1.82, 2.24) is 5.43 Å². The van der Waals surface area contributed by atoms with Gasteiger partial charge in [-0.25, -0.2) is 5.43 Å². The van der Waals surface area contributed by atoms with E-state index in [0.717, 1.165) is 5.56 Å². The summed E-state index contributed by atoms with van der Waals surface area (Å²) in [5.74, 6) is 2.26. The van der Waals surface area contributed by atoms with Crippen LogP contribution in [0.25, 0.3) is 0 Å². The van der Waals surface area contributed by atoms with Gasteiger partial charge in [0.05, 0.1) is 11.1 Å². The first-order chi connectivity index (χ1) is 13.2. The van der Waals surface area contributed by atoms with Crippen LogP contribution in [-0.4, -0.2) is 23.7 Å². The largest absolute Gasteiger partial charge is 0.480 e. The number of terminal acetylenes is 1. The molecule has 0 bridgehead atoms. The van der Waals surface area contributed by atoms with Gasteiger partial charge in [0.15, 0.2) is 0 Å². The molecule has 0 aromatic heterocycles. The van der Waals surface area contributed by atoms with E-state index in [9.17, 15) is 14.9 Å². The number of rotatable bonds is 6. The number of carbonyl (C=O) groups excluding carboxylic acids is 1. The van der Waals surface area contributed by atoms with E-state index in [4.69, 9.17) is 11.2 Å². The minimum absolute atomic E-state index is 0.00509. The predicted molar refractivity (Wildman–Crippen MR) is 108 cm³/mol. The van der Waals surface area contributed by atoms with Crippen LogP contribution in [0.2, 0.25) is 0 Å². The normalized spacial score (nSPS) is 11.1. The quantitative estimate of drug-likeness (QED) is 0.359. The fourth-order valence-corrected chi connectivity index (χ4v) is 2.35. The maximum absolute atomic E-state index is 12.2. The van der Waals surface area contributed by atoms with Gasteiger partial charge in [-0.05, 0) is 29.2 Å². The van der Waals surface area contributed by atoms with Crippen molar-refractivity contribution < 1.29 is 14.5 Å². The molecule has 0 spiro atoms. The molecular formula is C21H21N3O4. The SMILES string of the molecule is C#CCOc1ccc([N+](=O)[O-])cc1/C=N\NC(=O)c1ccc(C(C)(C)C)cc1. The number of hydrogen-bond acceptors (Lipinski definition) is 5. The zero-order valence-electron chi connectivity index (χ0n) is 15.9. The molecule has 0 saturated carbocycles. The van der Waals surface area contributed by atoms with Crippen LogP contribution in [0, 0.1) is 22.5 Å². The van der Waals surface area contributed by atoms with Crippen LogP contribution in [-0.2, 0) is 5.41 Å². The van der Waals surface area contributed by atoms with E-state index in [2.05, 4.69) is 37.2 Å². The topological polar surface area (TPSA) is 93.8 Å². The van der Waals surface area contributed by atoms with E-state index < -0.39 is 10.8 Å². The molecule has 0 aliphatic heterocycles. The summed E-state index contributed by atoms with van der Waals surface area (Å²) in [6, 6.07) is 11.3. The molecule has 2 aromatic carbocycles. The Morgan fingerprint density at radius 3 is 2.54 bits per heavy atom. The lowest BCUT2D eigenvalue weighted by atomic mass is 9.87. The molecule has 2 aromatic rings. The van der Waals surface area contributed by atoms with E-state index in [-0.39, 0.29) is 17.7 Å². The average Bonchev–Trinajstić information content (AvgIpc) is 2.66. The molecule has 7 heteroatoms. The van der Waals surface area contributed by atoms with Crippen LogP contribution in [0.4, 0.5) is 5.69 Å². The number of benzene rings is 2. The van der Waals surface area contributed by atoms with Gasteiger partial charge in [-0.15, -0.1) is 6.42 Å². The van der Waals surface area contributed by atoms with Gasteiger partial charge in [-0.2, -0.15) is 5.10 Å². The Balaban J connectivity index is 2.14. The lowest BCUT2D eigenvalue weighted by Crippen LogP contribution is -2.18. The number of hydrogen-bond donors (Lipinski definition) is 1. The van der Waals surface area contributed by atoms with Crippen molar-refractivity contribution >= 4 is 17.8 Å². The van der Waals surface area contributed by atoms with Crippen molar-refractivity contribution in [2.24, 2.45) is 5.10 Å². The van der Waals surface area contributed by atoms with Crippen molar-refractivity contribution in [1.29, 1.82) is 0 Å². The number of carbonyl (C=O) groups is 1. The standard InChI is InChI=1S/C21H21N3O4/c1-5-12-28-19-11-10-18(24(26)27)13-16(19)14-22-23-20(25)15-6-8-17(9-7-15)21(2,3)4/h1,6-11,13-14H,12H2,2-4H3,(H,23,25)/b22-14-. The highest BCUT2D eigenvalue weighted by Crippen LogP contribution is 2.23. The molecule has 1 N–H and O–H groups in total. The molecule has 2 rings (SSSR count). The molecule has 0 radical (unpaired) electrons. The minimum atomic E-state index is -0.530. The van der Waals surface area contributed by atoms with E-state index >= 15 is 0 Å². The summed E-state index contributed by atoms with van der Waals surface area (Å²) in [6.07, 6.45) is 6.45. The van der Waals surface area contributed by atoms with Crippen molar-refractivity contribution in [3.63, 3.8) is 0 Å². The second-order valence-electron chi connectivity index (χ2n) is 7.00. The second kappa shape index (κ2) is 8.82. The molecule has 0 saturated heterocycles. The molecule has 7 nitrogen and oxygen atoms in total. The highest BCUT2D eigenvalue weighted by Gasteiger charge is 2.14. The van der Waals surface area contributed by atoms with Crippen LogP contribution in [0.5, 0.6) is 5.75 Å². The van der Waals surface area contributed by atoms with Gasteiger partial charge < -0.3 is 4.74 Å². The molecular weight excluding hydrogens is 358 g/mol. The molecule has 0 atom stereocenters. The van der Waals surface area contributed by atoms with Crippen LogP contribution < -0.4 is 10.2 Å². The number of nitro groups is 1. The Hall–Kier alpha value is -3.66. The Labute approximate surface area is 163 Å². The minimum Gasteiger partial charge on any atom is -0.480 e. The first-order valence-corrected chi connectivity index (χ1v) is 8.51. The molecule has 0 fully saturated rings. The predicted octanol–water partition coefficient (Wildman–Crippen LogP) is 3.67. The van der Waals surface area contributed by atoms with Gasteiger partial charge in [0.2, 0.25) is 0 Å². The summed E-state index contributed by atoms with van der Waals surface area (Å²) in [7, 11) is 0. The third-order valence-electron chi connectivity index (χ3n) is 3.90. The Morgan fingerprint density at radius 2 is 1.96 bits per heavy atom. The Kier molecular flexibility index (Phi) is 6.51. The maximum Gasteiger partial charge on any atom is 0.271 e. The summed E-state index contributed by atoms with van der Waals surface area (Å²) in [5.41, 5.74) is 4.16. The van der Waals surface area contributed by atoms with Crippen molar-refractivity contribution in [2.75, 3.05) is 6.61 Å². The van der Waals surface area contributed by atoms with Crippen molar-refractivity contribution in [2.45, 2.75) is 26.2 Å². The fraction of sp³-hybridized carbons (Fsp3) is 0.238. The van der Waals surface area contributed by atoms with Gasteiger partial charge in [-0.3, -0.25) is 14.9 Å². The van der Waals surface area contributed by atoms with E-state index in [1.807, 2.05) is 12.1 Å². The molecule has 28 heavy (non-hydrogen) atoms. The summed E-state index contributed by atoms with van der Waals surface area (Å²) in [6.45, 7) is 6.27. The van der Waals surface area contributed by atoms with Crippen LogP contribution in [0.1, 0.15) is 42.3 Å². The molecule has 0 aliphatic rings. The van der Waals surface area contributed by atoms with Crippen LogP contribution in [0.15, 0.2) is 47.6 Å². The number of nitrogens with zero attached hydrogens (tertiary/aromatic N) is 2. The number of ether oxygens (including phenoxy) is 1. The number of nitrogens with one attached hydrogen (secondary N) is 1. The Bertz CT molecular complexity index is 936. The maximum atomic E-state index is 12.2. The van der Waals surface area contributed by atoms with Crippen LogP contribution in [0.3, 0.4) is 0 Å². The van der Waals surface area contributed by atoms with Gasteiger partial charge >= 0.3 is 0 Å². The highest BCUT2D eigenvalue weighted by atomic mass is 16.6. The van der Waals surface area contributed by atoms with Crippen molar-refractivity contribution in [3.8, 4) is 18.1 Å². The first kappa shape index (κ1) is 20.6. The first-order valence-electron chi connectivity index (χ1n) is 8.51. The molecule has 0 aliphatic carbocycles. The summed E-state index contributed by atoms with van der Waals surface area (Å²) in [4.78, 5) is 22.7. The molecule has 1 amide bonds. The van der Waals surface area contributed by atoms with Crippen molar-refractivity contribution in [3.05, 3.63) is 69.3 Å². The van der Waals surface area contributed by atoms with Gasteiger partial charge in [0, 0.05) is 23.3 Å². The summed E-state index contributed by atoms with van der Waals surface area (Å²) < 4.78 is 5.35. The lowest BCUT2D eigenvalue weighted by Gasteiger charge is -2.18. The van der Waals surface area contributed by atoms with Gasteiger partial charge in [-0.1, -0.05) is 38.8 Å². The number of hydrazone groups is 1. The summed E-state index contributed by atoms with van der Waals surface area (Å²) >= 11 is 0. The fourth-order valence-electron chi connectivity index (χ4n) is 2.35. The zero-order chi connectivity index (χ0) is 20.7. The molecule has 0 heterocycles. The smallest absolute Gasteiger partial charge is 0.271 e. The lowest BCUT2D eigenvalue weighted by molar-refractivity contribution is -0.384. The number of nitro benzene ring substituents is 1. The zero-order valence-corrected chi connectivity index (χ0v) is 15.9. The third kappa shape index (κ3) is 5.42. The third-order valence-corrected chi connectivity index (χ3v) is 3.90. The second-order valence-corrected chi connectivity index (χ2v) is 7.00. The number of amides is 1. The van der Waals surface area contributed by atoms with E-state index in [0.29, 0.717) is 16.9 Å². The Morgan fingerprint density at radius 1 is 1.29 bits per heavy atom. The monoisotopic (exact) mass is 379 g/mol. The summed E-state index contributed by atoms with van der Waals surface area (Å²) in [5, 5.41) is 14.8. The molecule has 144 valence electrons. The van der Waals surface area contributed by atoms with Crippen LogP contribution >= 0.6 is 0 Å². The average molecular weight is 379 g/mol. The number of non-ortho nitro benzene ring substituents is 1. The van der Waals surface area contributed by atoms with Gasteiger partial charge in [0.25, 0.3) is 11.6 Å². The molecule has 0 unspecified atom stereocenters. The van der Waals surface area contributed by atoms with E-state index in [1.54, 1.807) is 12.1 Å². The van der Waals surface area contributed by atoms with E-state index in [1.165, 1.54) is 24.4 Å². The highest BCUT2D eigenvalue weighted by molar-refractivity contribution is 5.95. The van der Waals surface area contributed by atoms with Gasteiger partial charge in [0.1, 0.15) is 12.4 Å².